The second kappa shape index (κ2) is 6.36. The molecule has 1 aliphatic heterocycles. The summed E-state index contributed by atoms with van der Waals surface area (Å²) < 4.78 is 1.30. The van der Waals surface area contributed by atoms with Crippen molar-refractivity contribution in [1.29, 1.82) is 0 Å². The number of allylic oxidation sites excluding steroid dienone is 8. The predicted molar refractivity (Wildman–Crippen MR) is 105 cm³/mol. The number of carbonyl (C=O) groups is 1. The first kappa shape index (κ1) is 19.4. The van der Waals surface area contributed by atoms with Crippen LogP contribution >= 0.6 is 0 Å². The topological polar surface area (TPSA) is 63.4 Å². The predicted octanol–water partition coefficient (Wildman–Crippen LogP) is 3.77. The van der Waals surface area contributed by atoms with E-state index in [0.717, 1.165) is 11.3 Å². The fraction of sp³-hybridized carbons (Fsp3) is 0.478. The summed E-state index contributed by atoms with van der Waals surface area (Å²) in [6, 6.07) is 0. The van der Waals surface area contributed by atoms with E-state index in [-0.39, 0.29) is 34.8 Å². The van der Waals surface area contributed by atoms with Crippen LogP contribution < -0.4 is 5.11 Å². The van der Waals surface area contributed by atoms with Gasteiger partial charge in [0.05, 0.1) is 18.4 Å². The van der Waals surface area contributed by atoms with Crippen LogP contribution in [0.5, 0.6) is 0 Å². The first-order valence-corrected chi connectivity index (χ1v) is 9.56. The largest absolute Gasteiger partial charge is 0.872 e. The van der Waals surface area contributed by atoms with Crippen molar-refractivity contribution in [3.63, 3.8) is 0 Å². The standard InChI is InChI=1S/C23H29NO3/c1-12(2)15-8-9-18-16(11-15)19-17(23(5,6)7)10-13(3)21(26)20(19)22(27)24(18)14(4)25/h8-12,16,19H,1-7H3,(H-,26,27). The third-order valence-corrected chi connectivity index (χ3v) is 5.70. The summed E-state index contributed by atoms with van der Waals surface area (Å²) in [6.45, 7) is 13.8. The zero-order valence-electron chi connectivity index (χ0n) is 17.3. The number of amides is 1. The fourth-order valence-electron chi connectivity index (χ4n) is 4.28. The maximum atomic E-state index is 13.0. The van der Waals surface area contributed by atoms with Gasteiger partial charge in [-0.2, -0.15) is 0 Å². The highest BCUT2D eigenvalue weighted by Crippen LogP contribution is 2.49. The van der Waals surface area contributed by atoms with Crippen LogP contribution in [0.1, 0.15) is 48.5 Å². The Morgan fingerprint density at radius 2 is 1.89 bits per heavy atom. The van der Waals surface area contributed by atoms with Gasteiger partial charge in [-0.25, -0.2) is 4.79 Å². The molecule has 1 heterocycles. The van der Waals surface area contributed by atoms with Gasteiger partial charge in [0.25, 0.3) is 0 Å². The highest BCUT2D eigenvalue weighted by Gasteiger charge is 2.49. The number of aliphatic hydroxyl groups is 1. The van der Waals surface area contributed by atoms with E-state index in [2.05, 4.69) is 40.7 Å². The Morgan fingerprint density at radius 3 is 2.41 bits per heavy atom. The molecular weight excluding hydrogens is 338 g/mol. The van der Waals surface area contributed by atoms with Gasteiger partial charge in [0, 0.05) is 12.0 Å². The van der Waals surface area contributed by atoms with Gasteiger partial charge in [-0.15, -0.1) is 0 Å². The molecule has 4 nitrogen and oxygen atoms in total. The van der Waals surface area contributed by atoms with Crippen molar-refractivity contribution in [1.82, 2.24) is 0 Å². The van der Waals surface area contributed by atoms with E-state index in [4.69, 9.17) is 0 Å². The normalized spacial score (nSPS) is 25.5. The summed E-state index contributed by atoms with van der Waals surface area (Å²) in [4.78, 5) is 12.3. The quantitative estimate of drug-likeness (QED) is 0.718. The van der Waals surface area contributed by atoms with Crippen LogP contribution in [0.2, 0.25) is 0 Å². The van der Waals surface area contributed by atoms with E-state index in [9.17, 15) is 15.0 Å². The molecule has 144 valence electrons. The monoisotopic (exact) mass is 367 g/mol. The number of rotatable bonds is 1. The lowest BCUT2D eigenvalue weighted by atomic mass is 9.64. The summed E-state index contributed by atoms with van der Waals surface area (Å²) in [5.74, 6) is -0.753. The molecule has 0 aromatic carbocycles. The van der Waals surface area contributed by atoms with E-state index >= 15 is 0 Å². The van der Waals surface area contributed by atoms with Crippen molar-refractivity contribution < 1.29 is 19.6 Å². The molecule has 1 N–H and O–H groups in total. The summed E-state index contributed by atoms with van der Waals surface area (Å²) in [5.41, 5.74) is 3.80. The van der Waals surface area contributed by atoms with Crippen LogP contribution in [0.3, 0.4) is 0 Å². The van der Waals surface area contributed by atoms with Gasteiger partial charge in [0.1, 0.15) is 0 Å². The Bertz CT molecular complexity index is 898. The molecule has 1 amide bonds. The smallest absolute Gasteiger partial charge is 0.392 e. The average molecular weight is 367 g/mol. The van der Waals surface area contributed by atoms with Gasteiger partial charge in [-0.1, -0.05) is 74.3 Å². The minimum absolute atomic E-state index is 0.148. The SMILES string of the molecule is CC(=O)[N+]1=C2C=CC(C(C)C)=CC2C2C(C(C)(C)C)=CC(C)=C([O-])C2=C1O. The van der Waals surface area contributed by atoms with Gasteiger partial charge in [-0.05, 0) is 23.8 Å². The number of aliphatic hydroxyl groups excluding tert-OH is 1. The Hall–Kier alpha value is -2.36. The van der Waals surface area contributed by atoms with Crippen molar-refractivity contribution in [3.8, 4) is 0 Å². The summed E-state index contributed by atoms with van der Waals surface area (Å²) >= 11 is 0. The van der Waals surface area contributed by atoms with E-state index in [1.807, 2.05) is 18.2 Å². The Balaban J connectivity index is 2.35. The summed E-state index contributed by atoms with van der Waals surface area (Å²) in [7, 11) is 0. The molecule has 3 rings (SSSR count). The van der Waals surface area contributed by atoms with Gasteiger partial charge >= 0.3 is 11.8 Å². The van der Waals surface area contributed by atoms with Gasteiger partial charge < -0.3 is 10.2 Å². The van der Waals surface area contributed by atoms with Crippen LogP contribution in [0.15, 0.2) is 58.2 Å². The molecule has 0 bridgehead atoms. The third-order valence-electron chi connectivity index (χ3n) is 5.70. The minimum Gasteiger partial charge on any atom is -0.872 e. The maximum absolute atomic E-state index is 13.0. The van der Waals surface area contributed by atoms with Crippen molar-refractivity contribution in [2.45, 2.75) is 48.5 Å². The number of hydrogen-bond acceptors (Lipinski definition) is 3. The van der Waals surface area contributed by atoms with Crippen LogP contribution in [0.4, 0.5) is 0 Å². The van der Waals surface area contributed by atoms with E-state index in [0.29, 0.717) is 17.1 Å². The molecule has 4 heteroatoms. The van der Waals surface area contributed by atoms with E-state index in [1.165, 1.54) is 17.1 Å². The molecule has 2 aliphatic carbocycles. The molecule has 0 saturated carbocycles. The second-order valence-electron chi connectivity index (χ2n) is 9.04. The summed E-state index contributed by atoms with van der Waals surface area (Å²) in [6.07, 6.45) is 8.07. The fourth-order valence-corrected chi connectivity index (χ4v) is 4.28. The maximum Gasteiger partial charge on any atom is 0.392 e. The summed E-state index contributed by atoms with van der Waals surface area (Å²) in [5, 5.41) is 24.0. The first-order chi connectivity index (χ1) is 12.4. The molecular formula is C23H29NO3. The molecule has 0 radical (unpaired) electrons. The van der Waals surface area contributed by atoms with Crippen LogP contribution in [0.25, 0.3) is 0 Å². The molecule has 2 atom stereocenters. The molecule has 0 saturated heterocycles. The molecule has 27 heavy (non-hydrogen) atoms. The van der Waals surface area contributed by atoms with Crippen molar-refractivity contribution in [2.75, 3.05) is 0 Å². The highest BCUT2D eigenvalue weighted by molar-refractivity contribution is 6.00. The number of hydrogen-bond donors (Lipinski definition) is 1. The highest BCUT2D eigenvalue weighted by atomic mass is 16.3. The van der Waals surface area contributed by atoms with Gasteiger partial charge in [0.2, 0.25) is 5.71 Å². The zero-order valence-corrected chi connectivity index (χ0v) is 17.3. The molecule has 0 aromatic rings. The van der Waals surface area contributed by atoms with Gasteiger partial charge in [-0.3, -0.25) is 0 Å². The van der Waals surface area contributed by atoms with Crippen molar-refractivity contribution in [2.24, 2.45) is 23.2 Å². The van der Waals surface area contributed by atoms with Crippen molar-refractivity contribution >= 4 is 11.6 Å². The van der Waals surface area contributed by atoms with E-state index < -0.39 is 0 Å². The molecule has 0 aromatic heterocycles. The lowest BCUT2D eigenvalue weighted by Gasteiger charge is -2.42. The first-order valence-electron chi connectivity index (χ1n) is 9.56. The van der Waals surface area contributed by atoms with Crippen LogP contribution in [-0.2, 0) is 4.79 Å². The molecule has 2 unspecified atom stereocenters. The molecule has 3 aliphatic rings. The Labute approximate surface area is 161 Å². The third kappa shape index (κ3) is 3.01. The number of carbonyl (C=O) groups excluding carboxylic acids is 1. The molecule has 0 fully saturated rings. The molecule has 0 spiro atoms. The Morgan fingerprint density at radius 1 is 1.26 bits per heavy atom. The zero-order chi connectivity index (χ0) is 20.3. The minimum atomic E-state index is -0.290. The van der Waals surface area contributed by atoms with Crippen LogP contribution in [-0.4, -0.2) is 21.3 Å². The second-order valence-corrected chi connectivity index (χ2v) is 9.04. The van der Waals surface area contributed by atoms with Crippen molar-refractivity contribution in [3.05, 3.63) is 58.2 Å². The van der Waals surface area contributed by atoms with E-state index in [1.54, 1.807) is 6.92 Å². The Kier molecular flexibility index (Phi) is 4.57. The number of fused-ring (bicyclic) bond motifs is 3. The lowest BCUT2D eigenvalue weighted by Crippen LogP contribution is -2.44. The van der Waals surface area contributed by atoms with Crippen LogP contribution in [0, 0.1) is 23.2 Å². The number of nitrogens with zero attached hydrogens (tertiary/aromatic N) is 1. The average Bonchev–Trinajstić information content (AvgIpc) is 2.55. The van der Waals surface area contributed by atoms with Gasteiger partial charge in [0.15, 0.2) is 0 Å². The lowest BCUT2D eigenvalue weighted by molar-refractivity contribution is -0.436.